The van der Waals surface area contributed by atoms with Crippen LogP contribution in [0.25, 0.3) is 33.3 Å². The predicted molar refractivity (Wildman–Crippen MR) is 117 cm³/mol. The lowest BCUT2D eigenvalue weighted by Crippen LogP contribution is -2.12. The highest BCUT2D eigenvalue weighted by Gasteiger charge is 2.14. The van der Waals surface area contributed by atoms with Crippen molar-refractivity contribution in [2.24, 2.45) is 5.73 Å². The number of hydrogen-bond acceptors (Lipinski definition) is 3. The third-order valence-corrected chi connectivity index (χ3v) is 4.84. The molecule has 0 spiro atoms. The summed E-state index contributed by atoms with van der Waals surface area (Å²) >= 11 is 5.80. The number of amides is 1. The maximum absolute atomic E-state index is 11.9. The van der Waals surface area contributed by atoms with Gasteiger partial charge in [0, 0.05) is 17.0 Å². The molecule has 0 bridgehead atoms. The molecule has 144 valence electrons. The Morgan fingerprint density at radius 1 is 0.897 bits per heavy atom. The Hall–Kier alpha value is -3.37. The molecule has 3 aromatic carbocycles. The maximum Gasteiger partial charge on any atom is 0.250 e. The molecule has 1 amide bonds. The van der Waals surface area contributed by atoms with E-state index < -0.39 is 5.91 Å². The van der Waals surface area contributed by atoms with Gasteiger partial charge in [0.25, 0.3) is 5.91 Å². The summed E-state index contributed by atoms with van der Waals surface area (Å²) < 4.78 is 5.83. The molecule has 0 saturated heterocycles. The zero-order valence-electron chi connectivity index (χ0n) is 15.6. The average Bonchev–Trinajstić information content (AvgIpc) is 2.77. The lowest BCUT2D eigenvalue weighted by molar-refractivity contribution is 0.100. The van der Waals surface area contributed by atoms with E-state index >= 15 is 0 Å². The molecule has 0 aliphatic heterocycles. The van der Waals surface area contributed by atoms with Crippen molar-refractivity contribution in [1.29, 1.82) is 0 Å². The number of fused-ring (bicyclic) bond motifs is 1. The van der Waals surface area contributed by atoms with Crippen molar-refractivity contribution in [3.05, 3.63) is 84.4 Å². The molecule has 0 aliphatic rings. The van der Waals surface area contributed by atoms with E-state index in [1.54, 1.807) is 12.1 Å². The van der Waals surface area contributed by atoms with Crippen molar-refractivity contribution in [1.82, 2.24) is 4.98 Å². The van der Waals surface area contributed by atoms with Crippen LogP contribution in [0.1, 0.15) is 10.4 Å². The Balaban J connectivity index is 1.82. The molecular weight excluding hydrogens is 384 g/mol. The summed E-state index contributed by atoms with van der Waals surface area (Å²) in [6, 6.07) is 25.5. The van der Waals surface area contributed by atoms with E-state index in [2.05, 4.69) is 24.3 Å². The summed E-state index contributed by atoms with van der Waals surface area (Å²) in [5.41, 5.74) is 10.3. The highest BCUT2D eigenvalue weighted by Crippen LogP contribution is 2.32. The van der Waals surface area contributed by atoms with Gasteiger partial charge in [-0.25, -0.2) is 4.98 Å². The predicted octanol–water partition coefficient (Wildman–Crippen LogP) is 5.29. The Morgan fingerprint density at radius 2 is 1.59 bits per heavy atom. The van der Waals surface area contributed by atoms with Gasteiger partial charge in [-0.05, 0) is 23.3 Å². The second-order valence-electron chi connectivity index (χ2n) is 6.55. The minimum Gasteiger partial charge on any atom is -0.492 e. The Kier molecular flexibility index (Phi) is 5.45. The fourth-order valence-corrected chi connectivity index (χ4v) is 3.37. The van der Waals surface area contributed by atoms with Gasteiger partial charge in [0.1, 0.15) is 12.4 Å². The van der Waals surface area contributed by atoms with Crippen molar-refractivity contribution >= 4 is 28.4 Å². The molecule has 4 aromatic rings. The first-order valence-electron chi connectivity index (χ1n) is 9.25. The fraction of sp³-hybridized carbons (Fsp3) is 0.0833. The lowest BCUT2D eigenvalue weighted by atomic mass is 10.0. The summed E-state index contributed by atoms with van der Waals surface area (Å²) in [5, 5.41) is 0.732. The highest BCUT2D eigenvalue weighted by molar-refractivity contribution is 6.18. The van der Waals surface area contributed by atoms with Crippen LogP contribution < -0.4 is 10.5 Å². The van der Waals surface area contributed by atoms with Crippen molar-refractivity contribution in [2.45, 2.75) is 0 Å². The highest BCUT2D eigenvalue weighted by atomic mass is 35.5. The van der Waals surface area contributed by atoms with Gasteiger partial charge in [-0.15, -0.1) is 11.6 Å². The van der Waals surface area contributed by atoms with E-state index in [4.69, 9.17) is 27.1 Å². The smallest absolute Gasteiger partial charge is 0.250 e. The molecule has 0 aliphatic carbocycles. The quantitative estimate of drug-likeness (QED) is 0.446. The normalized spacial score (nSPS) is 10.8. The molecule has 0 atom stereocenters. The van der Waals surface area contributed by atoms with Gasteiger partial charge >= 0.3 is 0 Å². The number of rotatable bonds is 6. The third-order valence-electron chi connectivity index (χ3n) is 4.69. The number of para-hydroxylation sites is 1. The number of hydrogen-bond donors (Lipinski definition) is 1. The number of aromatic nitrogens is 1. The summed E-state index contributed by atoms with van der Waals surface area (Å²) in [7, 11) is 0. The van der Waals surface area contributed by atoms with Crippen LogP contribution in [0.2, 0.25) is 0 Å². The maximum atomic E-state index is 11.9. The van der Waals surface area contributed by atoms with Gasteiger partial charge in [0.15, 0.2) is 0 Å². The molecule has 0 radical (unpaired) electrons. The van der Waals surface area contributed by atoms with Crippen LogP contribution in [-0.4, -0.2) is 23.4 Å². The number of nitrogens with two attached hydrogens (primary N) is 1. The molecule has 4 nitrogen and oxygen atoms in total. The van der Waals surface area contributed by atoms with E-state index in [0.717, 1.165) is 22.1 Å². The molecule has 2 N–H and O–H groups in total. The van der Waals surface area contributed by atoms with E-state index in [-0.39, 0.29) is 0 Å². The standard InChI is InChI=1S/C24H19ClN2O2/c25-13-14-29-22-15-21(27-23-19(22)7-4-8-20(23)24(26)28)18-11-9-17(10-12-18)16-5-2-1-3-6-16/h1-12,15H,13-14H2,(H2,26,28). The number of benzene rings is 3. The largest absolute Gasteiger partial charge is 0.492 e. The molecule has 4 rings (SSSR count). The minimum absolute atomic E-state index is 0.355. The second-order valence-corrected chi connectivity index (χ2v) is 6.93. The van der Waals surface area contributed by atoms with Gasteiger partial charge in [-0.2, -0.15) is 0 Å². The van der Waals surface area contributed by atoms with Crippen LogP contribution in [0.15, 0.2) is 78.9 Å². The van der Waals surface area contributed by atoms with Crippen LogP contribution in [-0.2, 0) is 0 Å². The topological polar surface area (TPSA) is 65.2 Å². The number of carbonyl (C=O) groups is 1. The van der Waals surface area contributed by atoms with E-state index in [9.17, 15) is 4.79 Å². The number of halogens is 1. The fourth-order valence-electron chi connectivity index (χ4n) is 3.30. The van der Waals surface area contributed by atoms with Gasteiger partial charge < -0.3 is 10.5 Å². The lowest BCUT2D eigenvalue weighted by Gasteiger charge is -2.13. The number of carbonyl (C=O) groups excluding carboxylic acids is 1. The first-order valence-corrected chi connectivity index (χ1v) is 9.79. The van der Waals surface area contributed by atoms with Gasteiger partial charge in [-0.3, -0.25) is 4.79 Å². The molecule has 0 unspecified atom stereocenters. The zero-order valence-corrected chi connectivity index (χ0v) is 16.4. The van der Waals surface area contributed by atoms with Crippen LogP contribution in [0, 0.1) is 0 Å². The van der Waals surface area contributed by atoms with E-state index in [1.807, 2.05) is 42.5 Å². The monoisotopic (exact) mass is 402 g/mol. The molecule has 5 heteroatoms. The summed E-state index contributed by atoms with van der Waals surface area (Å²) in [6.07, 6.45) is 0. The van der Waals surface area contributed by atoms with Crippen LogP contribution >= 0.6 is 11.6 Å². The number of alkyl halides is 1. The van der Waals surface area contributed by atoms with E-state index in [0.29, 0.717) is 35.0 Å². The third kappa shape index (κ3) is 3.93. The van der Waals surface area contributed by atoms with Gasteiger partial charge in [0.2, 0.25) is 0 Å². The first kappa shape index (κ1) is 19.0. The molecule has 0 saturated carbocycles. The Morgan fingerprint density at radius 3 is 2.28 bits per heavy atom. The summed E-state index contributed by atoms with van der Waals surface area (Å²) in [6.45, 7) is 0.355. The number of nitrogens with zero attached hydrogens (tertiary/aromatic N) is 1. The van der Waals surface area contributed by atoms with Crippen LogP contribution in [0.3, 0.4) is 0 Å². The van der Waals surface area contributed by atoms with Crippen molar-refractivity contribution in [3.8, 4) is 28.1 Å². The first-order chi connectivity index (χ1) is 14.2. The van der Waals surface area contributed by atoms with Crippen molar-refractivity contribution in [2.75, 3.05) is 12.5 Å². The SMILES string of the molecule is NC(=O)c1cccc2c(OCCCl)cc(-c3ccc(-c4ccccc4)cc3)nc12. The van der Waals surface area contributed by atoms with Crippen molar-refractivity contribution < 1.29 is 9.53 Å². The molecule has 0 fully saturated rings. The number of ether oxygens (including phenoxy) is 1. The molecule has 1 aromatic heterocycles. The zero-order chi connectivity index (χ0) is 20.2. The number of pyridine rings is 1. The molecule has 1 heterocycles. The Bertz CT molecular complexity index is 1160. The van der Waals surface area contributed by atoms with Gasteiger partial charge in [0.05, 0.1) is 22.7 Å². The Labute approximate surface area is 173 Å². The van der Waals surface area contributed by atoms with Crippen LogP contribution in [0.4, 0.5) is 0 Å². The second kappa shape index (κ2) is 8.33. The summed E-state index contributed by atoms with van der Waals surface area (Å²) in [5.74, 6) is 0.462. The van der Waals surface area contributed by atoms with Gasteiger partial charge in [-0.1, -0.05) is 60.7 Å². The molecular formula is C24H19ClN2O2. The van der Waals surface area contributed by atoms with E-state index in [1.165, 1.54) is 0 Å². The summed E-state index contributed by atoms with van der Waals surface area (Å²) in [4.78, 5) is 16.6. The van der Waals surface area contributed by atoms with Crippen molar-refractivity contribution in [3.63, 3.8) is 0 Å². The molecule has 29 heavy (non-hydrogen) atoms. The van der Waals surface area contributed by atoms with Crippen LogP contribution in [0.5, 0.6) is 5.75 Å². The number of primary amides is 1. The minimum atomic E-state index is -0.525. The average molecular weight is 403 g/mol.